The molecule has 0 aliphatic carbocycles. The van der Waals surface area contributed by atoms with Crippen molar-refractivity contribution in [3.63, 3.8) is 0 Å². The number of furan rings is 1. The molecule has 1 N–H and O–H groups in total. The van der Waals surface area contributed by atoms with Gasteiger partial charge in [-0.2, -0.15) is 0 Å². The fraction of sp³-hybridized carbons (Fsp3) is 0. The smallest absolute Gasteiger partial charge is 0.135 e. The van der Waals surface area contributed by atoms with Crippen LogP contribution >= 0.6 is 0 Å². The summed E-state index contributed by atoms with van der Waals surface area (Å²) in [5.41, 5.74) is 6.51. The molecule has 0 atom stereocenters. The fourth-order valence-electron chi connectivity index (χ4n) is 3.33. The van der Waals surface area contributed by atoms with Gasteiger partial charge in [0.1, 0.15) is 5.76 Å². The summed E-state index contributed by atoms with van der Waals surface area (Å²) in [7, 11) is 0. The van der Waals surface area contributed by atoms with Gasteiger partial charge in [0.15, 0.2) is 0 Å². The van der Waals surface area contributed by atoms with Crippen LogP contribution < -0.4 is 0 Å². The highest BCUT2D eigenvalue weighted by Crippen LogP contribution is 2.40. The predicted molar refractivity (Wildman–Crippen MR) is 97.5 cm³/mol. The second kappa shape index (κ2) is 5.10. The Hall–Kier alpha value is -3.33. The van der Waals surface area contributed by atoms with Crippen LogP contribution in [-0.4, -0.2) is 11.2 Å². The van der Waals surface area contributed by atoms with Crippen molar-refractivity contribution in [1.29, 1.82) is 0 Å². The minimum absolute atomic E-state index is 0.845. The monoisotopic (exact) mass is 310 g/mol. The lowest BCUT2D eigenvalue weighted by molar-refractivity contribution is 0.554. The molecule has 2 aromatic heterocycles. The molecule has 24 heavy (non-hydrogen) atoms. The quantitative estimate of drug-likeness (QED) is 0.526. The van der Waals surface area contributed by atoms with E-state index in [9.17, 15) is 0 Å². The molecule has 3 heterocycles. The highest BCUT2D eigenvalue weighted by Gasteiger charge is 2.22. The Labute approximate surface area is 139 Å². The van der Waals surface area contributed by atoms with Gasteiger partial charge >= 0.3 is 0 Å². The van der Waals surface area contributed by atoms with Crippen molar-refractivity contribution in [1.82, 2.24) is 4.98 Å². The SMILES string of the molecule is C1=Nc2ccccc2C1=C(c1ccco1)c1c[nH]c2ccccc12. The fourth-order valence-corrected chi connectivity index (χ4v) is 3.33. The van der Waals surface area contributed by atoms with E-state index in [0.717, 1.165) is 39.2 Å². The van der Waals surface area contributed by atoms with Crippen LogP contribution in [0.3, 0.4) is 0 Å². The Bertz CT molecular complexity index is 1100. The van der Waals surface area contributed by atoms with Crippen molar-refractivity contribution < 1.29 is 4.42 Å². The van der Waals surface area contributed by atoms with Crippen LogP contribution in [0, 0.1) is 0 Å². The standard InChI is InChI=1S/C21H14N2O/c1-3-8-18-14(6-1)16(12-22-18)21(20-10-5-11-24-20)17-13-23-19-9-4-2-7-15(17)19/h1-13,22H. The molecule has 1 aliphatic heterocycles. The number of aromatic nitrogens is 1. The minimum Gasteiger partial charge on any atom is -0.464 e. The first-order valence-corrected chi connectivity index (χ1v) is 7.90. The molecule has 1 aliphatic rings. The lowest BCUT2D eigenvalue weighted by Gasteiger charge is -2.09. The topological polar surface area (TPSA) is 41.3 Å². The summed E-state index contributed by atoms with van der Waals surface area (Å²) in [6.07, 6.45) is 5.69. The van der Waals surface area contributed by atoms with Crippen molar-refractivity contribution in [3.8, 4) is 0 Å². The number of fused-ring (bicyclic) bond motifs is 2. The van der Waals surface area contributed by atoms with Crippen LogP contribution in [0.1, 0.15) is 16.9 Å². The van der Waals surface area contributed by atoms with Gasteiger partial charge in [-0.3, -0.25) is 4.99 Å². The van der Waals surface area contributed by atoms with E-state index >= 15 is 0 Å². The van der Waals surface area contributed by atoms with Gasteiger partial charge in [0.05, 0.1) is 12.0 Å². The molecule has 0 radical (unpaired) electrons. The molecular weight excluding hydrogens is 296 g/mol. The largest absolute Gasteiger partial charge is 0.464 e. The average Bonchev–Trinajstić information content (AvgIpc) is 3.36. The van der Waals surface area contributed by atoms with E-state index in [-0.39, 0.29) is 0 Å². The molecule has 0 unspecified atom stereocenters. The van der Waals surface area contributed by atoms with Gasteiger partial charge in [-0.15, -0.1) is 0 Å². The highest BCUT2D eigenvalue weighted by atomic mass is 16.3. The lowest BCUT2D eigenvalue weighted by Crippen LogP contribution is -1.92. The molecular formula is C21H14N2O. The Morgan fingerprint density at radius 2 is 1.79 bits per heavy atom. The van der Waals surface area contributed by atoms with Gasteiger partial charge < -0.3 is 9.40 Å². The van der Waals surface area contributed by atoms with Crippen LogP contribution in [0.15, 0.2) is 82.5 Å². The maximum atomic E-state index is 5.76. The first-order chi connectivity index (χ1) is 11.9. The number of hydrogen-bond acceptors (Lipinski definition) is 2. The summed E-state index contributed by atoms with van der Waals surface area (Å²) < 4.78 is 5.76. The second-order valence-electron chi connectivity index (χ2n) is 5.79. The summed E-state index contributed by atoms with van der Waals surface area (Å²) in [6, 6.07) is 20.4. The van der Waals surface area contributed by atoms with E-state index in [4.69, 9.17) is 4.42 Å². The van der Waals surface area contributed by atoms with E-state index in [0.29, 0.717) is 0 Å². The number of para-hydroxylation sites is 2. The zero-order valence-corrected chi connectivity index (χ0v) is 12.9. The number of aliphatic imine (C=N–C) groups is 1. The highest BCUT2D eigenvalue weighted by molar-refractivity contribution is 6.27. The first kappa shape index (κ1) is 13.1. The average molecular weight is 310 g/mol. The van der Waals surface area contributed by atoms with Gasteiger partial charge in [0.25, 0.3) is 0 Å². The summed E-state index contributed by atoms with van der Waals surface area (Å²) in [4.78, 5) is 7.92. The molecule has 3 heteroatoms. The number of H-pyrrole nitrogens is 1. The molecule has 0 saturated heterocycles. The normalized spacial score (nSPS) is 15.0. The molecule has 114 valence electrons. The Morgan fingerprint density at radius 1 is 0.917 bits per heavy atom. The van der Waals surface area contributed by atoms with E-state index in [1.165, 1.54) is 5.39 Å². The zero-order chi connectivity index (χ0) is 15.9. The Balaban J connectivity index is 1.86. The summed E-state index contributed by atoms with van der Waals surface area (Å²) in [5, 5.41) is 1.18. The lowest BCUT2D eigenvalue weighted by atomic mass is 9.94. The third kappa shape index (κ3) is 1.88. The van der Waals surface area contributed by atoms with Gasteiger partial charge in [0.2, 0.25) is 0 Å². The molecule has 0 fully saturated rings. The maximum absolute atomic E-state index is 5.76. The molecule has 3 nitrogen and oxygen atoms in total. The third-order valence-electron chi connectivity index (χ3n) is 4.42. The van der Waals surface area contributed by atoms with E-state index in [2.05, 4.69) is 34.2 Å². The van der Waals surface area contributed by atoms with Crippen LogP contribution in [0.25, 0.3) is 22.0 Å². The number of nitrogens with one attached hydrogen (secondary N) is 1. The summed E-state index contributed by atoms with van der Waals surface area (Å²) in [5.74, 6) is 0.845. The van der Waals surface area contributed by atoms with Crippen molar-refractivity contribution in [3.05, 3.63) is 90.0 Å². The van der Waals surface area contributed by atoms with Crippen LogP contribution in [0.5, 0.6) is 0 Å². The van der Waals surface area contributed by atoms with E-state index in [1.54, 1.807) is 6.26 Å². The number of benzene rings is 2. The number of aromatic amines is 1. The Morgan fingerprint density at radius 3 is 2.71 bits per heavy atom. The Kier molecular flexibility index (Phi) is 2.79. The molecule has 0 spiro atoms. The van der Waals surface area contributed by atoms with Crippen molar-refractivity contribution in [2.24, 2.45) is 4.99 Å². The summed E-state index contributed by atoms with van der Waals surface area (Å²) in [6.45, 7) is 0. The number of rotatable bonds is 2. The van der Waals surface area contributed by atoms with Crippen molar-refractivity contribution >= 4 is 34.0 Å². The number of hydrogen-bond donors (Lipinski definition) is 1. The van der Waals surface area contributed by atoms with Crippen molar-refractivity contribution in [2.75, 3.05) is 0 Å². The van der Waals surface area contributed by atoms with Gasteiger partial charge in [0, 0.05) is 45.6 Å². The predicted octanol–water partition coefficient (Wildman–Crippen LogP) is 5.44. The van der Waals surface area contributed by atoms with Gasteiger partial charge in [-0.05, 0) is 24.3 Å². The summed E-state index contributed by atoms with van der Waals surface area (Å²) >= 11 is 0. The van der Waals surface area contributed by atoms with Crippen LogP contribution in [-0.2, 0) is 0 Å². The van der Waals surface area contributed by atoms with Gasteiger partial charge in [-0.25, -0.2) is 0 Å². The molecule has 0 bridgehead atoms. The van der Waals surface area contributed by atoms with E-state index in [1.807, 2.05) is 48.8 Å². The minimum atomic E-state index is 0.845. The zero-order valence-electron chi connectivity index (χ0n) is 12.9. The van der Waals surface area contributed by atoms with Crippen LogP contribution in [0.4, 0.5) is 5.69 Å². The maximum Gasteiger partial charge on any atom is 0.135 e. The van der Waals surface area contributed by atoms with Crippen LogP contribution in [0.2, 0.25) is 0 Å². The molecule has 0 amide bonds. The van der Waals surface area contributed by atoms with Crippen molar-refractivity contribution in [2.45, 2.75) is 0 Å². The molecule has 5 rings (SSSR count). The molecule has 0 saturated carbocycles. The third-order valence-corrected chi connectivity index (χ3v) is 4.42. The van der Waals surface area contributed by atoms with Gasteiger partial charge in [-0.1, -0.05) is 36.4 Å². The second-order valence-corrected chi connectivity index (χ2v) is 5.79. The van der Waals surface area contributed by atoms with E-state index < -0.39 is 0 Å². The number of allylic oxidation sites excluding steroid dienone is 1. The first-order valence-electron chi connectivity index (χ1n) is 7.90. The number of nitrogens with zero attached hydrogens (tertiary/aromatic N) is 1. The molecule has 2 aromatic carbocycles. The molecule has 4 aromatic rings.